The van der Waals surface area contributed by atoms with E-state index in [0.717, 1.165) is 25.2 Å². The second-order valence-electron chi connectivity index (χ2n) is 6.77. The highest BCUT2D eigenvalue weighted by Crippen LogP contribution is 2.26. The molecule has 1 unspecified atom stereocenters. The van der Waals surface area contributed by atoms with Crippen molar-refractivity contribution in [3.8, 4) is 12.3 Å². The van der Waals surface area contributed by atoms with Crippen LogP contribution in [0.2, 0.25) is 0 Å². The number of piperidine rings is 3. The van der Waals surface area contributed by atoms with Crippen molar-refractivity contribution >= 4 is 29.0 Å². The number of nitrogens with one attached hydrogen (secondary N) is 3. The summed E-state index contributed by atoms with van der Waals surface area (Å²) in [6.45, 7) is 3.12. The molecule has 3 N–H and O–H groups in total. The van der Waals surface area contributed by atoms with E-state index in [1.165, 1.54) is 20.1 Å². The molecule has 0 saturated carbocycles. The quantitative estimate of drug-likeness (QED) is 0.420. The molecule has 2 bridgehead atoms. The van der Waals surface area contributed by atoms with E-state index in [-0.39, 0.29) is 5.97 Å². The Morgan fingerprint density at radius 2 is 2.36 bits per heavy atom. The molecule has 3 fully saturated rings. The van der Waals surface area contributed by atoms with Crippen LogP contribution in [0.3, 0.4) is 0 Å². The Balaban J connectivity index is 1.51. The number of esters is 1. The number of thiocarbonyl (C=S) groups is 1. The van der Waals surface area contributed by atoms with E-state index in [1.54, 1.807) is 23.1 Å². The van der Waals surface area contributed by atoms with Crippen molar-refractivity contribution in [1.29, 1.82) is 0 Å². The summed E-state index contributed by atoms with van der Waals surface area (Å²) in [6.07, 6.45) is 8.05. The van der Waals surface area contributed by atoms with Crippen LogP contribution in [-0.4, -0.2) is 43.9 Å². The van der Waals surface area contributed by atoms with E-state index in [1.807, 2.05) is 6.07 Å². The van der Waals surface area contributed by atoms with Gasteiger partial charge in [-0.3, -0.25) is 0 Å². The number of hydrogen-bond acceptors (Lipinski definition) is 3. The van der Waals surface area contributed by atoms with Crippen LogP contribution < -0.4 is 15.5 Å². The standard InChI is InChI=1S/C19H23N3O2S/c1-3-13-12-22-8-7-14(13)10-17(22)11-20-19(25)21-16-6-4-5-15(9-16)18(23)24-2/h1,4-6,9,13-14,17H,7-8,10-12H2,2H3,(H2,20,21,25)/p+1/t13-,14-,17+/m0/s1. The van der Waals surface area contributed by atoms with Gasteiger partial charge in [0.25, 0.3) is 0 Å². The van der Waals surface area contributed by atoms with Crippen molar-refractivity contribution < 1.29 is 14.4 Å². The summed E-state index contributed by atoms with van der Waals surface area (Å²) in [6, 6.07) is 7.67. The van der Waals surface area contributed by atoms with E-state index < -0.39 is 0 Å². The van der Waals surface area contributed by atoms with Gasteiger partial charge in [0.1, 0.15) is 6.04 Å². The number of quaternary nitrogens is 1. The number of carbonyl (C=O) groups is 1. The highest BCUT2D eigenvalue weighted by molar-refractivity contribution is 7.80. The number of fused-ring (bicyclic) bond motifs is 3. The molecule has 1 aromatic rings. The summed E-state index contributed by atoms with van der Waals surface area (Å²) in [5.41, 5.74) is 1.27. The lowest BCUT2D eigenvalue weighted by Gasteiger charge is -2.45. The van der Waals surface area contributed by atoms with Crippen LogP contribution in [0.5, 0.6) is 0 Å². The summed E-state index contributed by atoms with van der Waals surface area (Å²) in [7, 11) is 1.37. The smallest absolute Gasteiger partial charge is 0.337 e. The minimum absolute atomic E-state index is 0.361. The fourth-order valence-corrected chi connectivity index (χ4v) is 4.17. The molecule has 132 valence electrons. The van der Waals surface area contributed by atoms with Crippen molar-refractivity contribution in [3.63, 3.8) is 0 Å². The molecule has 25 heavy (non-hydrogen) atoms. The SMILES string of the molecule is C#C[C@H]1C[NH+]2CC[C@H]1C[C@@H]2CNC(=S)Nc1cccc(C(=O)OC)c1. The zero-order valence-electron chi connectivity index (χ0n) is 14.4. The first kappa shape index (κ1) is 17.7. The van der Waals surface area contributed by atoms with Gasteiger partial charge in [0, 0.05) is 18.5 Å². The molecule has 1 aromatic carbocycles. The van der Waals surface area contributed by atoms with Crippen LogP contribution in [-0.2, 0) is 4.74 Å². The number of ether oxygens (including phenoxy) is 1. The summed E-state index contributed by atoms with van der Waals surface area (Å²) >= 11 is 5.39. The summed E-state index contributed by atoms with van der Waals surface area (Å²) in [5, 5.41) is 7.02. The third kappa shape index (κ3) is 4.12. The first-order chi connectivity index (χ1) is 12.1. The Morgan fingerprint density at radius 3 is 3.04 bits per heavy atom. The molecule has 4 rings (SSSR count). The van der Waals surface area contributed by atoms with Crippen molar-refractivity contribution in [1.82, 2.24) is 5.32 Å². The molecule has 0 spiro atoms. The fraction of sp³-hybridized carbons (Fsp3) is 0.474. The number of terminal acetylenes is 1. The Hall–Kier alpha value is -2.10. The normalized spacial score (nSPS) is 27.2. The monoisotopic (exact) mass is 358 g/mol. The molecule has 6 heteroatoms. The largest absolute Gasteiger partial charge is 0.465 e. The summed E-state index contributed by atoms with van der Waals surface area (Å²) in [4.78, 5) is 13.2. The van der Waals surface area contributed by atoms with Crippen LogP contribution in [0, 0.1) is 24.2 Å². The molecular weight excluding hydrogens is 334 g/mol. The molecule has 3 aliphatic rings. The van der Waals surface area contributed by atoms with Crippen molar-refractivity contribution in [2.24, 2.45) is 11.8 Å². The molecule has 3 saturated heterocycles. The molecule has 3 aliphatic heterocycles. The minimum atomic E-state index is -0.361. The van der Waals surface area contributed by atoms with Gasteiger partial charge in [-0.1, -0.05) is 12.0 Å². The van der Waals surface area contributed by atoms with E-state index in [0.29, 0.717) is 28.6 Å². The number of anilines is 1. The van der Waals surface area contributed by atoms with Crippen molar-refractivity contribution in [2.75, 3.05) is 32.1 Å². The molecular formula is C19H24N3O2S+. The summed E-state index contributed by atoms with van der Waals surface area (Å²) in [5.74, 6) is 3.69. The third-order valence-electron chi connectivity index (χ3n) is 5.32. The minimum Gasteiger partial charge on any atom is -0.465 e. The van der Waals surface area contributed by atoms with Gasteiger partial charge in [-0.15, -0.1) is 6.42 Å². The number of benzene rings is 1. The zero-order valence-corrected chi connectivity index (χ0v) is 15.2. The summed E-state index contributed by atoms with van der Waals surface area (Å²) < 4.78 is 4.74. The van der Waals surface area contributed by atoms with Gasteiger partial charge >= 0.3 is 5.97 Å². The van der Waals surface area contributed by atoms with Gasteiger partial charge in [0.15, 0.2) is 5.11 Å². The third-order valence-corrected chi connectivity index (χ3v) is 5.56. The van der Waals surface area contributed by atoms with E-state index in [9.17, 15) is 4.79 Å². The first-order valence-electron chi connectivity index (χ1n) is 8.64. The Labute approximate surface area is 154 Å². The lowest BCUT2D eigenvalue weighted by molar-refractivity contribution is -0.943. The van der Waals surface area contributed by atoms with Crippen LogP contribution in [0.1, 0.15) is 23.2 Å². The molecule has 5 nitrogen and oxygen atoms in total. The van der Waals surface area contributed by atoms with E-state index in [4.69, 9.17) is 23.4 Å². The van der Waals surface area contributed by atoms with E-state index in [2.05, 4.69) is 16.6 Å². The number of methoxy groups -OCH3 is 1. The molecule has 0 aliphatic carbocycles. The highest BCUT2D eigenvalue weighted by Gasteiger charge is 2.42. The van der Waals surface area contributed by atoms with Gasteiger partial charge in [-0.25, -0.2) is 4.79 Å². The van der Waals surface area contributed by atoms with Crippen molar-refractivity contribution in [3.05, 3.63) is 29.8 Å². The van der Waals surface area contributed by atoms with Gasteiger partial charge in [0.2, 0.25) is 0 Å². The molecule has 3 heterocycles. The molecule has 4 atom stereocenters. The molecule has 0 radical (unpaired) electrons. The van der Waals surface area contributed by atoms with E-state index >= 15 is 0 Å². The zero-order chi connectivity index (χ0) is 17.8. The van der Waals surface area contributed by atoms with Crippen LogP contribution in [0.4, 0.5) is 5.69 Å². The lowest BCUT2D eigenvalue weighted by Crippen LogP contribution is -3.20. The maximum atomic E-state index is 11.6. The van der Waals surface area contributed by atoms with Gasteiger partial charge in [-0.2, -0.15) is 0 Å². The van der Waals surface area contributed by atoms with Crippen LogP contribution >= 0.6 is 12.2 Å². The van der Waals surface area contributed by atoms with Gasteiger partial charge in [-0.05, 0) is 36.3 Å². The average molecular weight is 358 g/mol. The second kappa shape index (κ2) is 7.85. The van der Waals surface area contributed by atoms with Gasteiger partial charge < -0.3 is 20.3 Å². The lowest BCUT2D eigenvalue weighted by atomic mass is 9.76. The van der Waals surface area contributed by atoms with Gasteiger partial charge in [0.05, 0.1) is 38.2 Å². The van der Waals surface area contributed by atoms with Crippen LogP contribution in [0.15, 0.2) is 24.3 Å². The molecule has 0 aromatic heterocycles. The van der Waals surface area contributed by atoms with Crippen LogP contribution in [0.25, 0.3) is 0 Å². The number of hydrogen-bond donors (Lipinski definition) is 3. The first-order valence-corrected chi connectivity index (χ1v) is 9.05. The Morgan fingerprint density at radius 1 is 1.52 bits per heavy atom. The topological polar surface area (TPSA) is 54.8 Å². The predicted octanol–water partition coefficient (Wildman–Crippen LogP) is 0.686. The second-order valence-corrected chi connectivity index (χ2v) is 7.18. The fourth-order valence-electron chi connectivity index (χ4n) is 3.96. The maximum absolute atomic E-state index is 11.6. The Bertz CT molecular complexity index is 700. The predicted molar refractivity (Wildman–Crippen MR) is 102 cm³/mol. The highest BCUT2D eigenvalue weighted by atomic mass is 32.1. The number of rotatable bonds is 4. The maximum Gasteiger partial charge on any atom is 0.337 e. The number of carbonyl (C=O) groups excluding carboxylic acids is 1. The Kier molecular flexibility index (Phi) is 5.57. The van der Waals surface area contributed by atoms with Crippen molar-refractivity contribution in [2.45, 2.75) is 18.9 Å². The molecule has 0 amide bonds. The average Bonchev–Trinajstić information content (AvgIpc) is 2.66.